The summed E-state index contributed by atoms with van der Waals surface area (Å²) in [6.45, 7) is 7.48. The summed E-state index contributed by atoms with van der Waals surface area (Å²) in [6, 6.07) is 10.2. The van der Waals surface area contributed by atoms with Crippen molar-refractivity contribution in [1.82, 2.24) is 5.16 Å². The maximum atomic E-state index is 12.0. The third-order valence-electron chi connectivity index (χ3n) is 4.74. The van der Waals surface area contributed by atoms with E-state index in [9.17, 15) is 4.79 Å². The lowest BCUT2D eigenvalue weighted by molar-refractivity contribution is -0.144. The zero-order valence-electron chi connectivity index (χ0n) is 15.3. The molecule has 3 rings (SSSR count). The fourth-order valence-corrected chi connectivity index (χ4v) is 3.53. The molecule has 0 bridgehead atoms. The summed E-state index contributed by atoms with van der Waals surface area (Å²) in [5.74, 6) is 0.716. The van der Waals surface area contributed by atoms with Crippen molar-refractivity contribution in [2.24, 2.45) is 5.92 Å². The van der Waals surface area contributed by atoms with Gasteiger partial charge in [0.15, 0.2) is 11.6 Å². The topological polar surface area (TPSA) is 58.8 Å². The van der Waals surface area contributed by atoms with Crippen molar-refractivity contribution in [3.8, 4) is 0 Å². The van der Waals surface area contributed by atoms with Crippen LogP contribution in [0.25, 0.3) is 0 Å². The average molecular weight is 422 g/mol. The Bertz CT molecular complexity index is 737. The summed E-state index contributed by atoms with van der Waals surface area (Å²) in [5, 5.41) is 4.19. The minimum Gasteiger partial charge on any atom is -0.468 e. The van der Waals surface area contributed by atoms with Gasteiger partial charge in [-0.2, -0.15) is 0 Å². The van der Waals surface area contributed by atoms with Gasteiger partial charge in [-0.05, 0) is 30.2 Å². The fraction of sp³-hybridized carbons (Fsp3) is 0.474. The van der Waals surface area contributed by atoms with Crippen LogP contribution in [0, 0.1) is 5.92 Å². The van der Waals surface area contributed by atoms with Gasteiger partial charge in [0.25, 0.3) is 0 Å². The van der Waals surface area contributed by atoms with Crippen molar-refractivity contribution in [2.45, 2.75) is 19.8 Å². The third kappa shape index (κ3) is 4.03. The van der Waals surface area contributed by atoms with E-state index in [2.05, 4.69) is 55.2 Å². The minimum absolute atomic E-state index is 0.0810. The van der Waals surface area contributed by atoms with E-state index in [1.807, 2.05) is 19.9 Å². The van der Waals surface area contributed by atoms with E-state index in [4.69, 9.17) is 9.26 Å². The van der Waals surface area contributed by atoms with Crippen LogP contribution >= 0.6 is 15.9 Å². The van der Waals surface area contributed by atoms with Crippen LogP contribution in [-0.4, -0.2) is 44.4 Å². The normalized spacial score (nSPS) is 16.0. The van der Waals surface area contributed by atoms with Crippen molar-refractivity contribution in [3.05, 3.63) is 40.6 Å². The van der Waals surface area contributed by atoms with Gasteiger partial charge >= 0.3 is 5.97 Å². The number of aromatic nitrogens is 1. The number of piperazine rings is 1. The van der Waals surface area contributed by atoms with Crippen LogP contribution < -0.4 is 9.80 Å². The standard InChI is InChI=1S/C19H24BrN3O3/c1-13(2)18(19(24)25-3)16-12-17(21-26-16)23-10-8-22(9-11-23)15-6-4-14(20)5-7-15/h4-7,12-13,18H,8-11H2,1-3H3. The van der Waals surface area contributed by atoms with Gasteiger partial charge in [-0.3, -0.25) is 4.79 Å². The SMILES string of the molecule is COC(=O)C(c1cc(N2CCN(c3ccc(Br)cc3)CC2)no1)C(C)C. The summed E-state index contributed by atoms with van der Waals surface area (Å²) >= 11 is 3.47. The number of hydrogen-bond acceptors (Lipinski definition) is 6. The summed E-state index contributed by atoms with van der Waals surface area (Å²) < 4.78 is 11.5. The number of anilines is 2. The predicted octanol–water partition coefficient (Wildman–Crippen LogP) is 3.68. The van der Waals surface area contributed by atoms with Crippen LogP contribution in [0.4, 0.5) is 11.5 Å². The maximum absolute atomic E-state index is 12.0. The van der Waals surface area contributed by atoms with E-state index < -0.39 is 5.92 Å². The second-order valence-corrected chi connectivity index (χ2v) is 7.70. The Morgan fingerprint density at radius 1 is 1.15 bits per heavy atom. The van der Waals surface area contributed by atoms with Crippen molar-refractivity contribution >= 4 is 33.4 Å². The number of nitrogens with zero attached hydrogens (tertiary/aromatic N) is 3. The molecular formula is C19H24BrN3O3. The molecule has 1 aliphatic rings. The summed E-state index contributed by atoms with van der Waals surface area (Å²) in [5.41, 5.74) is 1.22. The van der Waals surface area contributed by atoms with Crippen molar-refractivity contribution < 1.29 is 14.1 Å². The van der Waals surface area contributed by atoms with Gasteiger partial charge in [0, 0.05) is 42.4 Å². The van der Waals surface area contributed by atoms with Crippen LogP contribution in [-0.2, 0) is 9.53 Å². The molecule has 7 heteroatoms. The zero-order chi connectivity index (χ0) is 18.7. The number of esters is 1. The van der Waals surface area contributed by atoms with Gasteiger partial charge < -0.3 is 19.1 Å². The molecule has 0 N–H and O–H groups in total. The highest BCUT2D eigenvalue weighted by Crippen LogP contribution is 2.29. The average Bonchev–Trinajstić information content (AvgIpc) is 3.11. The van der Waals surface area contributed by atoms with E-state index in [1.165, 1.54) is 12.8 Å². The second-order valence-electron chi connectivity index (χ2n) is 6.78. The molecule has 6 nitrogen and oxygen atoms in total. The summed E-state index contributed by atoms with van der Waals surface area (Å²) in [6.07, 6.45) is 0. The summed E-state index contributed by atoms with van der Waals surface area (Å²) in [7, 11) is 1.40. The largest absolute Gasteiger partial charge is 0.468 e. The first-order chi connectivity index (χ1) is 12.5. The maximum Gasteiger partial charge on any atom is 0.316 e. The number of carbonyl (C=O) groups excluding carboxylic acids is 1. The Morgan fingerprint density at radius 3 is 2.35 bits per heavy atom. The lowest BCUT2D eigenvalue weighted by atomic mass is 9.93. The minimum atomic E-state index is -0.426. The van der Waals surface area contributed by atoms with Crippen molar-refractivity contribution in [1.29, 1.82) is 0 Å². The van der Waals surface area contributed by atoms with Gasteiger partial charge in [0.1, 0.15) is 5.92 Å². The number of hydrogen-bond donors (Lipinski definition) is 0. The Labute approximate surface area is 162 Å². The van der Waals surface area contributed by atoms with Crippen LogP contribution in [0.3, 0.4) is 0 Å². The molecule has 2 aromatic rings. The highest BCUT2D eigenvalue weighted by molar-refractivity contribution is 9.10. The molecule has 1 aromatic carbocycles. The quantitative estimate of drug-likeness (QED) is 0.686. The van der Waals surface area contributed by atoms with Gasteiger partial charge in [0.2, 0.25) is 0 Å². The smallest absolute Gasteiger partial charge is 0.316 e. The molecule has 0 radical (unpaired) electrons. The zero-order valence-corrected chi connectivity index (χ0v) is 16.9. The number of ether oxygens (including phenoxy) is 1. The Hall–Kier alpha value is -2.02. The monoisotopic (exact) mass is 421 g/mol. The highest BCUT2D eigenvalue weighted by atomic mass is 79.9. The first-order valence-corrected chi connectivity index (χ1v) is 9.59. The number of benzene rings is 1. The number of halogens is 1. The lowest BCUT2D eigenvalue weighted by Gasteiger charge is -2.36. The third-order valence-corrected chi connectivity index (χ3v) is 5.27. The van der Waals surface area contributed by atoms with Crippen molar-refractivity contribution in [2.75, 3.05) is 43.1 Å². The van der Waals surface area contributed by atoms with E-state index in [-0.39, 0.29) is 11.9 Å². The second kappa shape index (κ2) is 8.12. The molecule has 1 atom stereocenters. The molecule has 1 aromatic heterocycles. The fourth-order valence-electron chi connectivity index (χ4n) is 3.26. The van der Waals surface area contributed by atoms with Crippen LogP contribution in [0.1, 0.15) is 25.5 Å². The number of rotatable bonds is 5. The molecule has 1 saturated heterocycles. The van der Waals surface area contributed by atoms with E-state index in [1.54, 1.807) is 0 Å². The molecule has 0 saturated carbocycles. The molecule has 26 heavy (non-hydrogen) atoms. The molecule has 1 aliphatic heterocycles. The highest BCUT2D eigenvalue weighted by Gasteiger charge is 2.30. The van der Waals surface area contributed by atoms with E-state index in [0.717, 1.165) is 36.5 Å². The first kappa shape index (κ1) is 18.8. The van der Waals surface area contributed by atoms with Crippen LogP contribution in [0.2, 0.25) is 0 Å². The van der Waals surface area contributed by atoms with Gasteiger partial charge in [0.05, 0.1) is 7.11 Å². The van der Waals surface area contributed by atoms with E-state index in [0.29, 0.717) is 5.76 Å². The Balaban J connectivity index is 1.66. The molecule has 0 amide bonds. The molecule has 140 valence electrons. The summed E-state index contributed by atoms with van der Waals surface area (Å²) in [4.78, 5) is 16.6. The molecule has 1 fully saturated rings. The Morgan fingerprint density at radius 2 is 1.77 bits per heavy atom. The first-order valence-electron chi connectivity index (χ1n) is 8.79. The van der Waals surface area contributed by atoms with Crippen LogP contribution in [0.15, 0.2) is 39.3 Å². The van der Waals surface area contributed by atoms with Crippen LogP contribution in [0.5, 0.6) is 0 Å². The molecule has 0 spiro atoms. The number of carbonyl (C=O) groups is 1. The van der Waals surface area contributed by atoms with Gasteiger partial charge in [-0.25, -0.2) is 0 Å². The molecular weight excluding hydrogens is 398 g/mol. The molecule has 1 unspecified atom stereocenters. The number of methoxy groups -OCH3 is 1. The van der Waals surface area contributed by atoms with E-state index >= 15 is 0 Å². The molecule has 0 aliphatic carbocycles. The lowest BCUT2D eigenvalue weighted by Crippen LogP contribution is -2.46. The van der Waals surface area contributed by atoms with Gasteiger partial charge in [-0.1, -0.05) is 34.9 Å². The predicted molar refractivity (Wildman–Crippen MR) is 105 cm³/mol. The van der Waals surface area contributed by atoms with Crippen molar-refractivity contribution in [3.63, 3.8) is 0 Å². The van der Waals surface area contributed by atoms with Gasteiger partial charge in [-0.15, -0.1) is 0 Å². The molecule has 2 heterocycles. The Kier molecular flexibility index (Phi) is 5.86.